The maximum atomic E-state index is 11.2. The van der Waals surface area contributed by atoms with Crippen molar-refractivity contribution in [2.75, 3.05) is 6.54 Å². The number of hydrogen-bond donors (Lipinski definition) is 1. The Morgan fingerprint density at radius 1 is 1.35 bits per heavy atom. The topological polar surface area (TPSA) is 40.3 Å². The first-order chi connectivity index (χ1) is 10.8. The Kier molecular flexibility index (Phi) is 5.61. The fourth-order valence-electron chi connectivity index (χ4n) is 3.73. The largest absolute Gasteiger partial charge is 0.476 e. The smallest absolute Gasteiger partial charge is 0.372 e. The van der Waals surface area contributed by atoms with E-state index in [9.17, 15) is 9.90 Å². The number of allylic oxidation sites excluding steroid dienone is 6. The molecular weight excluding hydrogens is 286 g/mol. The summed E-state index contributed by atoms with van der Waals surface area (Å²) < 4.78 is 1.94. The van der Waals surface area contributed by atoms with E-state index < -0.39 is 5.97 Å². The van der Waals surface area contributed by atoms with E-state index in [2.05, 4.69) is 39.8 Å². The lowest BCUT2D eigenvalue weighted by Gasteiger charge is -2.32. The highest BCUT2D eigenvalue weighted by atomic mass is 16.4. The molecule has 1 fully saturated rings. The number of carbonyl (C=O) groups is 1. The second kappa shape index (κ2) is 7.29. The van der Waals surface area contributed by atoms with Crippen LogP contribution in [0.3, 0.4) is 0 Å². The molecule has 0 amide bonds. The van der Waals surface area contributed by atoms with Gasteiger partial charge in [0.15, 0.2) is 6.21 Å². The average Bonchev–Trinajstić information content (AvgIpc) is 2.92. The molecular formula is C20H30NO2+. The van der Waals surface area contributed by atoms with Gasteiger partial charge in [0.1, 0.15) is 6.54 Å². The third-order valence-corrected chi connectivity index (χ3v) is 5.16. The summed E-state index contributed by atoms with van der Waals surface area (Å²) in [5, 5.41) is 9.21. The molecule has 0 aromatic rings. The molecule has 0 aromatic heterocycles. The Morgan fingerprint density at radius 3 is 2.74 bits per heavy atom. The number of nitrogens with zero attached hydrogens (tertiary/aromatic N) is 1. The summed E-state index contributed by atoms with van der Waals surface area (Å²) in [6, 6.07) is -0.356. The van der Waals surface area contributed by atoms with Gasteiger partial charge in [-0.05, 0) is 49.7 Å². The fourth-order valence-corrected chi connectivity index (χ4v) is 3.73. The summed E-state index contributed by atoms with van der Waals surface area (Å²) >= 11 is 0. The van der Waals surface area contributed by atoms with E-state index in [-0.39, 0.29) is 11.5 Å². The molecule has 1 unspecified atom stereocenters. The molecule has 2 aliphatic rings. The molecule has 0 radical (unpaired) electrons. The highest BCUT2D eigenvalue weighted by Crippen LogP contribution is 2.40. The average molecular weight is 316 g/mol. The van der Waals surface area contributed by atoms with Crippen LogP contribution < -0.4 is 0 Å². The molecule has 0 bridgehead atoms. The maximum absolute atomic E-state index is 11.2. The van der Waals surface area contributed by atoms with E-state index >= 15 is 0 Å². The molecule has 126 valence electrons. The first-order valence-corrected chi connectivity index (χ1v) is 8.70. The summed E-state index contributed by atoms with van der Waals surface area (Å²) in [7, 11) is 0. The number of rotatable bonds is 4. The minimum atomic E-state index is -0.718. The molecule has 0 saturated carbocycles. The third kappa shape index (κ3) is 4.43. The van der Waals surface area contributed by atoms with Crippen molar-refractivity contribution in [3.63, 3.8) is 0 Å². The van der Waals surface area contributed by atoms with Gasteiger partial charge in [-0.1, -0.05) is 31.6 Å². The Morgan fingerprint density at radius 2 is 2.09 bits per heavy atom. The van der Waals surface area contributed by atoms with Crippen LogP contribution in [0.2, 0.25) is 0 Å². The van der Waals surface area contributed by atoms with E-state index in [1.807, 2.05) is 16.9 Å². The lowest BCUT2D eigenvalue weighted by molar-refractivity contribution is -0.527. The van der Waals surface area contributed by atoms with Crippen molar-refractivity contribution in [3.8, 4) is 0 Å². The van der Waals surface area contributed by atoms with Crippen molar-refractivity contribution < 1.29 is 14.5 Å². The fraction of sp³-hybridized carbons (Fsp3) is 0.600. The molecule has 3 heteroatoms. The molecule has 2 rings (SSSR count). The van der Waals surface area contributed by atoms with Crippen molar-refractivity contribution in [1.29, 1.82) is 0 Å². The highest BCUT2D eigenvalue weighted by molar-refractivity contribution is 5.75. The van der Waals surface area contributed by atoms with Crippen LogP contribution in [0.5, 0.6) is 0 Å². The van der Waals surface area contributed by atoms with Gasteiger partial charge in [0.2, 0.25) is 6.04 Å². The zero-order valence-corrected chi connectivity index (χ0v) is 14.9. The van der Waals surface area contributed by atoms with E-state index in [4.69, 9.17) is 0 Å². The minimum absolute atomic E-state index is 0.256. The van der Waals surface area contributed by atoms with Gasteiger partial charge < -0.3 is 5.11 Å². The molecule has 1 heterocycles. The molecule has 0 spiro atoms. The van der Waals surface area contributed by atoms with Crippen LogP contribution in [0, 0.1) is 5.41 Å². The molecule has 0 aromatic carbocycles. The van der Waals surface area contributed by atoms with Gasteiger partial charge in [-0.3, -0.25) is 0 Å². The maximum Gasteiger partial charge on any atom is 0.372 e. The Hall–Kier alpha value is -1.64. The summed E-state index contributed by atoms with van der Waals surface area (Å²) in [6.07, 6.45) is 13.8. The lowest BCUT2D eigenvalue weighted by atomic mass is 9.72. The van der Waals surface area contributed by atoms with Gasteiger partial charge in [0.05, 0.1) is 0 Å². The van der Waals surface area contributed by atoms with Crippen LogP contribution in [0.15, 0.2) is 34.9 Å². The molecule has 1 aliphatic heterocycles. The van der Waals surface area contributed by atoms with Crippen molar-refractivity contribution in [2.24, 2.45) is 5.41 Å². The van der Waals surface area contributed by atoms with Gasteiger partial charge >= 0.3 is 5.97 Å². The highest BCUT2D eigenvalue weighted by Gasteiger charge is 2.33. The number of carboxylic acid groups (broad SMARTS) is 1. The standard InChI is InChI=1S/C20H29NO2/c1-15(11-14-21-13-6-8-18(21)19(22)23)9-10-17-16(2)7-5-12-20(17,3)4/h9-11,14,18H,5-8,12-13H2,1-4H3/p+1/b10-9+,15-11+,21-14?. The molecule has 1 aliphatic carbocycles. The van der Waals surface area contributed by atoms with Crippen molar-refractivity contribution >= 4 is 12.2 Å². The van der Waals surface area contributed by atoms with Crippen LogP contribution in [0.1, 0.15) is 59.8 Å². The second-order valence-corrected chi connectivity index (χ2v) is 7.56. The third-order valence-electron chi connectivity index (χ3n) is 5.16. The van der Waals surface area contributed by atoms with Gasteiger partial charge in [0.25, 0.3) is 0 Å². The van der Waals surface area contributed by atoms with E-state index in [1.165, 1.54) is 30.4 Å². The van der Waals surface area contributed by atoms with Gasteiger partial charge in [-0.2, -0.15) is 0 Å². The summed E-state index contributed by atoms with van der Waals surface area (Å²) in [5.74, 6) is -0.718. The lowest BCUT2D eigenvalue weighted by Crippen LogP contribution is -2.28. The van der Waals surface area contributed by atoms with E-state index in [0.717, 1.165) is 25.0 Å². The molecule has 1 saturated heterocycles. The molecule has 1 atom stereocenters. The zero-order valence-electron chi connectivity index (χ0n) is 14.9. The van der Waals surface area contributed by atoms with Gasteiger partial charge in [0, 0.05) is 18.9 Å². The van der Waals surface area contributed by atoms with Crippen molar-refractivity contribution in [2.45, 2.75) is 65.8 Å². The normalized spacial score (nSPS) is 27.2. The monoisotopic (exact) mass is 316 g/mol. The Labute approximate surface area is 140 Å². The van der Waals surface area contributed by atoms with Gasteiger partial charge in [-0.25, -0.2) is 9.37 Å². The summed E-state index contributed by atoms with van der Waals surface area (Å²) in [5.41, 5.74) is 4.37. The van der Waals surface area contributed by atoms with Crippen LogP contribution in [-0.4, -0.2) is 34.5 Å². The van der Waals surface area contributed by atoms with E-state index in [0.29, 0.717) is 0 Å². The molecule has 1 N–H and O–H groups in total. The second-order valence-electron chi connectivity index (χ2n) is 7.56. The van der Waals surface area contributed by atoms with Crippen LogP contribution in [0.25, 0.3) is 0 Å². The molecule has 3 nitrogen and oxygen atoms in total. The zero-order chi connectivity index (χ0) is 17.0. The first-order valence-electron chi connectivity index (χ1n) is 8.70. The predicted octanol–water partition coefficient (Wildman–Crippen LogP) is 4.35. The number of hydrogen-bond acceptors (Lipinski definition) is 1. The van der Waals surface area contributed by atoms with Crippen LogP contribution in [0.4, 0.5) is 0 Å². The minimum Gasteiger partial charge on any atom is -0.476 e. The molecule has 23 heavy (non-hydrogen) atoms. The van der Waals surface area contributed by atoms with E-state index in [1.54, 1.807) is 0 Å². The van der Waals surface area contributed by atoms with Crippen molar-refractivity contribution in [1.82, 2.24) is 0 Å². The Bertz CT molecular complexity index is 591. The first kappa shape index (κ1) is 17.7. The van der Waals surface area contributed by atoms with Gasteiger partial charge in [-0.15, -0.1) is 0 Å². The number of aliphatic carboxylic acids is 1. The predicted molar refractivity (Wildman–Crippen MR) is 95.1 cm³/mol. The quantitative estimate of drug-likeness (QED) is 0.619. The summed E-state index contributed by atoms with van der Waals surface area (Å²) in [4.78, 5) is 11.2. The van der Waals surface area contributed by atoms with Crippen LogP contribution in [-0.2, 0) is 4.79 Å². The van der Waals surface area contributed by atoms with Crippen molar-refractivity contribution in [3.05, 3.63) is 34.9 Å². The summed E-state index contributed by atoms with van der Waals surface area (Å²) in [6.45, 7) is 9.80. The SMILES string of the molecule is CC1=C(/C=C/C(C)=C/C=[N+]2CCCC2C(=O)O)C(C)(C)CCC1. The van der Waals surface area contributed by atoms with Crippen LogP contribution >= 0.6 is 0 Å². The Balaban J connectivity index is 2.12. The number of carboxylic acids is 1.